The molecular formula is C9H13BrN2O2. The molecule has 0 bridgehead atoms. The lowest BCUT2D eigenvalue weighted by molar-refractivity contribution is 0.0588. The number of aromatic nitrogens is 1. The molecule has 0 aromatic carbocycles. The van der Waals surface area contributed by atoms with E-state index in [-0.39, 0.29) is 12.0 Å². The fourth-order valence-corrected chi connectivity index (χ4v) is 1.68. The molecular weight excluding hydrogens is 248 g/mol. The van der Waals surface area contributed by atoms with Gasteiger partial charge in [0.05, 0.1) is 7.11 Å². The van der Waals surface area contributed by atoms with Gasteiger partial charge < -0.3 is 15.0 Å². The zero-order valence-corrected chi connectivity index (χ0v) is 9.74. The molecule has 0 spiro atoms. The van der Waals surface area contributed by atoms with Crippen LogP contribution in [-0.4, -0.2) is 23.7 Å². The molecule has 1 atom stereocenters. The predicted octanol–water partition coefficient (Wildman–Crippen LogP) is 1.38. The molecule has 1 heterocycles. The Balaban J connectivity index is 2.96. The Morgan fingerprint density at radius 1 is 1.79 bits per heavy atom. The molecule has 1 aromatic rings. The number of nitrogens with two attached hydrogens (primary N) is 1. The van der Waals surface area contributed by atoms with Crippen molar-refractivity contribution in [1.29, 1.82) is 0 Å². The highest BCUT2D eigenvalue weighted by Crippen LogP contribution is 2.16. The molecule has 0 aliphatic rings. The molecule has 1 aromatic heterocycles. The van der Waals surface area contributed by atoms with Gasteiger partial charge in [0.15, 0.2) is 0 Å². The zero-order chi connectivity index (χ0) is 10.7. The van der Waals surface area contributed by atoms with Crippen molar-refractivity contribution in [3.05, 3.63) is 22.4 Å². The Morgan fingerprint density at radius 2 is 2.43 bits per heavy atom. The van der Waals surface area contributed by atoms with Crippen molar-refractivity contribution >= 4 is 21.9 Å². The number of halogens is 1. The fourth-order valence-electron chi connectivity index (χ4n) is 1.21. The molecule has 2 N–H and O–H groups in total. The van der Waals surface area contributed by atoms with E-state index in [9.17, 15) is 4.79 Å². The van der Waals surface area contributed by atoms with Crippen molar-refractivity contribution in [2.45, 2.75) is 19.5 Å². The summed E-state index contributed by atoms with van der Waals surface area (Å²) in [5.74, 6) is -0.351. The van der Waals surface area contributed by atoms with E-state index in [1.54, 1.807) is 10.6 Å². The average Bonchev–Trinajstić information content (AvgIpc) is 2.44. The molecule has 5 heteroatoms. The number of nitrogens with zero attached hydrogens (tertiary/aromatic N) is 1. The predicted molar refractivity (Wildman–Crippen MR) is 57.1 cm³/mol. The van der Waals surface area contributed by atoms with Gasteiger partial charge in [0.2, 0.25) is 0 Å². The summed E-state index contributed by atoms with van der Waals surface area (Å²) in [6.45, 7) is 2.48. The maximum atomic E-state index is 11.3. The van der Waals surface area contributed by atoms with Crippen LogP contribution in [0.25, 0.3) is 0 Å². The van der Waals surface area contributed by atoms with Crippen LogP contribution in [0.5, 0.6) is 0 Å². The summed E-state index contributed by atoms with van der Waals surface area (Å²) in [7, 11) is 1.36. The minimum Gasteiger partial charge on any atom is -0.464 e. The number of carbonyl (C=O) groups is 1. The van der Waals surface area contributed by atoms with Crippen LogP contribution in [0.15, 0.2) is 16.7 Å². The third-order valence-electron chi connectivity index (χ3n) is 1.74. The van der Waals surface area contributed by atoms with E-state index >= 15 is 0 Å². The lowest BCUT2D eigenvalue weighted by Gasteiger charge is -2.09. The maximum absolute atomic E-state index is 11.3. The second-order valence-corrected chi connectivity index (χ2v) is 4.08. The summed E-state index contributed by atoms with van der Waals surface area (Å²) in [5.41, 5.74) is 6.17. The van der Waals surface area contributed by atoms with Crippen molar-refractivity contribution in [1.82, 2.24) is 4.57 Å². The van der Waals surface area contributed by atoms with Crippen LogP contribution in [-0.2, 0) is 11.3 Å². The van der Waals surface area contributed by atoms with Gasteiger partial charge in [-0.1, -0.05) is 0 Å². The minimum atomic E-state index is -0.351. The summed E-state index contributed by atoms with van der Waals surface area (Å²) >= 11 is 3.30. The first-order chi connectivity index (χ1) is 6.54. The fraction of sp³-hybridized carbons (Fsp3) is 0.444. The Bertz CT molecular complexity index is 334. The summed E-state index contributed by atoms with van der Waals surface area (Å²) < 4.78 is 7.27. The highest BCUT2D eigenvalue weighted by atomic mass is 79.9. The SMILES string of the molecule is COC(=O)c1cc(Br)cn1CC(C)N. The van der Waals surface area contributed by atoms with Gasteiger partial charge in [-0.15, -0.1) is 0 Å². The Labute approximate surface area is 91.2 Å². The molecule has 0 saturated heterocycles. The maximum Gasteiger partial charge on any atom is 0.354 e. The van der Waals surface area contributed by atoms with Gasteiger partial charge >= 0.3 is 5.97 Å². The summed E-state index contributed by atoms with van der Waals surface area (Å²) in [4.78, 5) is 11.3. The van der Waals surface area contributed by atoms with E-state index in [0.29, 0.717) is 12.2 Å². The van der Waals surface area contributed by atoms with Crippen LogP contribution in [0.4, 0.5) is 0 Å². The van der Waals surface area contributed by atoms with Gasteiger partial charge in [-0.3, -0.25) is 0 Å². The lowest BCUT2D eigenvalue weighted by Crippen LogP contribution is -2.24. The third kappa shape index (κ3) is 2.59. The number of ether oxygens (including phenoxy) is 1. The standard InChI is InChI=1S/C9H13BrN2O2/c1-6(11)4-12-5-7(10)3-8(12)9(13)14-2/h3,5-6H,4,11H2,1-2H3. The van der Waals surface area contributed by atoms with Crippen LogP contribution < -0.4 is 5.73 Å². The molecule has 4 nitrogen and oxygen atoms in total. The van der Waals surface area contributed by atoms with Crippen LogP contribution in [0, 0.1) is 0 Å². The number of hydrogen-bond acceptors (Lipinski definition) is 3. The van der Waals surface area contributed by atoms with Crippen molar-refractivity contribution in [2.24, 2.45) is 5.73 Å². The molecule has 0 aliphatic heterocycles. The summed E-state index contributed by atoms with van der Waals surface area (Å²) in [6.07, 6.45) is 1.82. The molecule has 78 valence electrons. The van der Waals surface area contributed by atoms with E-state index in [0.717, 1.165) is 4.47 Å². The quantitative estimate of drug-likeness (QED) is 0.836. The molecule has 14 heavy (non-hydrogen) atoms. The average molecular weight is 261 g/mol. The Kier molecular flexibility index (Phi) is 3.71. The van der Waals surface area contributed by atoms with Crippen molar-refractivity contribution in [3.63, 3.8) is 0 Å². The number of esters is 1. The lowest BCUT2D eigenvalue weighted by atomic mass is 10.3. The third-order valence-corrected chi connectivity index (χ3v) is 2.18. The van der Waals surface area contributed by atoms with Crippen molar-refractivity contribution < 1.29 is 9.53 Å². The van der Waals surface area contributed by atoms with E-state index in [1.807, 2.05) is 13.1 Å². The molecule has 1 rings (SSSR count). The molecule has 0 radical (unpaired) electrons. The van der Waals surface area contributed by atoms with Gasteiger partial charge in [-0.05, 0) is 28.9 Å². The number of hydrogen-bond donors (Lipinski definition) is 1. The second-order valence-electron chi connectivity index (χ2n) is 3.16. The van der Waals surface area contributed by atoms with E-state index in [4.69, 9.17) is 5.73 Å². The van der Waals surface area contributed by atoms with Gasteiger partial charge in [-0.25, -0.2) is 4.79 Å². The number of methoxy groups -OCH3 is 1. The Morgan fingerprint density at radius 3 is 2.93 bits per heavy atom. The van der Waals surface area contributed by atoms with Gasteiger partial charge in [0, 0.05) is 23.3 Å². The smallest absolute Gasteiger partial charge is 0.354 e. The van der Waals surface area contributed by atoms with Gasteiger partial charge in [-0.2, -0.15) is 0 Å². The largest absolute Gasteiger partial charge is 0.464 e. The van der Waals surface area contributed by atoms with E-state index < -0.39 is 0 Å². The molecule has 0 aliphatic carbocycles. The van der Waals surface area contributed by atoms with Gasteiger partial charge in [0.25, 0.3) is 0 Å². The van der Waals surface area contributed by atoms with Crippen molar-refractivity contribution in [2.75, 3.05) is 7.11 Å². The molecule has 0 saturated carbocycles. The van der Waals surface area contributed by atoms with Crippen LogP contribution in [0.3, 0.4) is 0 Å². The van der Waals surface area contributed by atoms with Crippen LogP contribution in [0.1, 0.15) is 17.4 Å². The molecule has 1 unspecified atom stereocenters. The summed E-state index contributed by atoms with van der Waals surface area (Å²) in [5, 5.41) is 0. The van der Waals surface area contributed by atoms with Crippen LogP contribution >= 0.6 is 15.9 Å². The first-order valence-corrected chi connectivity index (χ1v) is 5.03. The minimum absolute atomic E-state index is 0.00212. The Hall–Kier alpha value is -0.810. The normalized spacial score (nSPS) is 12.6. The first-order valence-electron chi connectivity index (χ1n) is 4.24. The van der Waals surface area contributed by atoms with E-state index in [2.05, 4.69) is 20.7 Å². The first kappa shape index (κ1) is 11.3. The molecule has 0 amide bonds. The van der Waals surface area contributed by atoms with Crippen LogP contribution in [0.2, 0.25) is 0 Å². The number of rotatable bonds is 3. The summed E-state index contributed by atoms with van der Waals surface area (Å²) in [6, 6.07) is 1.71. The second kappa shape index (κ2) is 4.61. The highest BCUT2D eigenvalue weighted by Gasteiger charge is 2.13. The monoisotopic (exact) mass is 260 g/mol. The zero-order valence-electron chi connectivity index (χ0n) is 8.16. The van der Waals surface area contributed by atoms with Crippen molar-refractivity contribution in [3.8, 4) is 0 Å². The topological polar surface area (TPSA) is 57.2 Å². The van der Waals surface area contributed by atoms with Gasteiger partial charge in [0.1, 0.15) is 5.69 Å². The number of carbonyl (C=O) groups excluding carboxylic acids is 1. The highest BCUT2D eigenvalue weighted by molar-refractivity contribution is 9.10. The van der Waals surface area contributed by atoms with E-state index in [1.165, 1.54) is 7.11 Å². The molecule has 0 fully saturated rings.